The number of alkyl halides is 3. The minimum Gasteiger partial charge on any atom is -0.369 e. The van der Waals surface area contributed by atoms with Gasteiger partial charge in [0.25, 0.3) is 0 Å². The molecule has 0 aromatic carbocycles. The number of halogens is 3. The Labute approximate surface area is 123 Å². The smallest absolute Gasteiger partial charge is 0.369 e. The Kier molecular flexibility index (Phi) is 6.67. The number of nitrogens with one attached hydrogen (secondary N) is 2. The first-order chi connectivity index (χ1) is 9.90. The van der Waals surface area contributed by atoms with Crippen LogP contribution in [0.4, 0.5) is 24.9 Å². The molecule has 1 rings (SSSR count). The molecule has 120 valence electrons. The predicted molar refractivity (Wildman–Crippen MR) is 77.5 cm³/mol. The number of hydrogen-bond donors (Lipinski definition) is 2. The lowest BCUT2D eigenvalue weighted by atomic mass is 10.3. The maximum absolute atomic E-state index is 12.8. The fourth-order valence-corrected chi connectivity index (χ4v) is 1.80. The van der Waals surface area contributed by atoms with Crippen molar-refractivity contribution in [1.82, 2.24) is 14.9 Å². The highest BCUT2D eigenvalue weighted by molar-refractivity contribution is 5.43. The largest absolute Gasteiger partial charge is 0.433 e. The first-order valence-electron chi connectivity index (χ1n) is 7.07. The number of rotatable bonds is 8. The summed E-state index contributed by atoms with van der Waals surface area (Å²) in [5.41, 5.74) is -0.946. The van der Waals surface area contributed by atoms with Crippen molar-refractivity contribution in [3.8, 4) is 0 Å². The molecule has 21 heavy (non-hydrogen) atoms. The number of hydrogen-bond acceptors (Lipinski definition) is 5. The highest BCUT2D eigenvalue weighted by atomic mass is 19.4. The molecule has 0 fully saturated rings. The highest BCUT2D eigenvalue weighted by Crippen LogP contribution is 2.29. The molecular weight excluding hydrogens is 283 g/mol. The Bertz CT molecular complexity index is 432. The highest BCUT2D eigenvalue weighted by Gasteiger charge is 2.33. The van der Waals surface area contributed by atoms with Gasteiger partial charge < -0.3 is 15.5 Å². The monoisotopic (exact) mass is 305 g/mol. The Morgan fingerprint density at radius 1 is 1.10 bits per heavy atom. The summed E-state index contributed by atoms with van der Waals surface area (Å²) in [5, 5.41) is 5.63. The van der Waals surface area contributed by atoms with Crippen molar-refractivity contribution in [3.63, 3.8) is 0 Å². The molecule has 1 aromatic rings. The molecule has 0 aliphatic heterocycles. The summed E-state index contributed by atoms with van der Waals surface area (Å²) in [6, 6.07) is 0.934. The van der Waals surface area contributed by atoms with Gasteiger partial charge in [-0.25, -0.2) is 4.98 Å². The van der Waals surface area contributed by atoms with E-state index in [9.17, 15) is 13.2 Å². The maximum atomic E-state index is 12.8. The van der Waals surface area contributed by atoms with Gasteiger partial charge in [0.05, 0.1) is 0 Å². The van der Waals surface area contributed by atoms with Crippen LogP contribution >= 0.6 is 0 Å². The summed E-state index contributed by atoms with van der Waals surface area (Å²) in [6.45, 7) is 9.39. The van der Waals surface area contributed by atoms with Gasteiger partial charge in [0.1, 0.15) is 5.82 Å². The zero-order valence-electron chi connectivity index (χ0n) is 12.6. The molecule has 0 atom stereocenters. The van der Waals surface area contributed by atoms with Crippen molar-refractivity contribution < 1.29 is 13.2 Å². The van der Waals surface area contributed by atoms with Crippen LogP contribution in [0.2, 0.25) is 0 Å². The van der Waals surface area contributed by atoms with Gasteiger partial charge >= 0.3 is 6.18 Å². The summed E-state index contributed by atoms with van der Waals surface area (Å²) < 4.78 is 38.4. The van der Waals surface area contributed by atoms with Gasteiger partial charge in [-0.15, -0.1) is 0 Å². The van der Waals surface area contributed by atoms with Crippen LogP contribution in [0.15, 0.2) is 6.07 Å². The fraction of sp³-hybridized carbons (Fsp3) is 0.692. The molecule has 5 nitrogen and oxygen atoms in total. The molecule has 0 saturated carbocycles. The third kappa shape index (κ3) is 5.74. The van der Waals surface area contributed by atoms with Gasteiger partial charge in [0, 0.05) is 25.7 Å². The number of likely N-dealkylation sites (N-methyl/N-ethyl adjacent to an activating group) is 1. The molecule has 1 heterocycles. The SMILES string of the molecule is CCNc1nc(NCCN(CC)CC)cc(C(F)(F)F)n1. The van der Waals surface area contributed by atoms with Crippen LogP contribution in [0, 0.1) is 0 Å². The summed E-state index contributed by atoms with van der Waals surface area (Å²) >= 11 is 0. The van der Waals surface area contributed by atoms with Crippen LogP contribution in [-0.2, 0) is 6.18 Å². The van der Waals surface area contributed by atoms with Crippen LogP contribution in [0.25, 0.3) is 0 Å². The van der Waals surface area contributed by atoms with Crippen LogP contribution in [-0.4, -0.2) is 47.6 Å². The topological polar surface area (TPSA) is 53.1 Å². The summed E-state index contributed by atoms with van der Waals surface area (Å²) in [5.74, 6) is 0.165. The molecular formula is C13H22F3N5. The van der Waals surface area contributed by atoms with E-state index in [0.717, 1.165) is 25.7 Å². The molecule has 0 aliphatic rings. The molecule has 1 aromatic heterocycles. The lowest BCUT2D eigenvalue weighted by Crippen LogP contribution is -2.29. The van der Waals surface area contributed by atoms with Crippen LogP contribution < -0.4 is 10.6 Å². The molecule has 0 spiro atoms. The molecule has 0 amide bonds. The first-order valence-corrected chi connectivity index (χ1v) is 7.07. The van der Waals surface area contributed by atoms with E-state index in [1.165, 1.54) is 0 Å². The van der Waals surface area contributed by atoms with Gasteiger partial charge in [0.15, 0.2) is 5.69 Å². The van der Waals surface area contributed by atoms with E-state index in [2.05, 4.69) is 25.5 Å². The second-order valence-electron chi connectivity index (χ2n) is 4.44. The van der Waals surface area contributed by atoms with Crippen LogP contribution in [0.3, 0.4) is 0 Å². The Morgan fingerprint density at radius 2 is 1.76 bits per heavy atom. The van der Waals surface area contributed by atoms with E-state index >= 15 is 0 Å². The molecule has 0 aliphatic carbocycles. The number of anilines is 2. The average molecular weight is 305 g/mol. The fourth-order valence-electron chi connectivity index (χ4n) is 1.80. The van der Waals surface area contributed by atoms with E-state index < -0.39 is 11.9 Å². The molecule has 0 bridgehead atoms. The standard InChI is InChI=1S/C13H22F3N5/c1-4-17-12-19-10(13(14,15)16)9-11(20-12)18-7-8-21(5-2)6-3/h9H,4-8H2,1-3H3,(H2,17,18,19,20). The molecule has 0 unspecified atom stereocenters. The third-order valence-corrected chi connectivity index (χ3v) is 2.98. The normalized spacial score (nSPS) is 11.8. The molecule has 0 saturated heterocycles. The van der Waals surface area contributed by atoms with E-state index in [1.807, 2.05) is 13.8 Å². The average Bonchev–Trinajstić information content (AvgIpc) is 2.43. The van der Waals surface area contributed by atoms with Crippen LogP contribution in [0.5, 0.6) is 0 Å². The van der Waals surface area contributed by atoms with E-state index in [-0.39, 0.29) is 11.8 Å². The molecule has 2 N–H and O–H groups in total. The van der Waals surface area contributed by atoms with Crippen molar-refractivity contribution >= 4 is 11.8 Å². The lowest BCUT2D eigenvalue weighted by Gasteiger charge is -2.18. The third-order valence-electron chi connectivity index (χ3n) is 2.98. The minimum atomic E-state index is -4.48. The Morgan fingerprint density at radius 3 is 2.29 bits per heavy atom. The van der Waals surface area contributed by atoms with Gasteiger partial charge in [-0.3, -0.25) is 0 Å². The van der Waals surface area contributed by atoms with Gasteiger partial charge in [-0.2, -0.15) is 18.2 Å². The maximum Gasteiger partial charge on any atom is 0.433 e. The van der Waals surface area contributed by atoms with E-state index in [4.69, 9.17) is 0 Å². The molecule has 8 heteroatoms. The number of aromatic nitrogens is 2. The first kappa shape index (κ1) is 17.5. The summed E-state index contributed by atoms with van der Waals surface area (Å²) in [4.78, 5) is 9.68. The van der Waals surface area contributed by atoms with Gasteiger partial charge in [-0.1, -0.05) is 13.8 Å². The van der Waals surface area contributed by atoms with Gasteiger partial charge in [0.2, 0.25) is 5.95 Å². The summed E-state index contributed by atoms with van der Waals surface area (Å²) in [6.07, 6.45) is -4.48. The lowest BCUT2D eigenvalue weighted by molar-refractivity contribution is -0.141. The molecule has 0 radical (unpaired) electrons. The Balaban J connectivity index is 2.78. The Hall–Kier alpha value is -1.57. The van der Waals surface area contributed by atoms with Crippen molar-refractivity contribution in [3.05, 3.63) is 11.8 Å². The van der Waals surface area contributed by atoms with Gasteiger partial charge in [-0.05, 0) is 20.0 Å². The van der Waals surface area contributed by atoms with Crippen molar-refractivity contribution in [2.75, 3.05) is 43.4 Å². The second kappa shape index (κ2) is 8.02. The van der Waals surface area contributed by atoms with E-state index in [1.54, 1.807) is 6.92 Å². The zero-order chi connectivity index (χ0) is 15.9. The summed E-state index contributed by atoms with van der Waals surface area (Å²) in [7, 11) is 0. The zero-order valence-corrected chi connectivity index (χ0v) is 12.6. The van der Waals surface area contributed by atoms with E-state index in [0.29, 0.717) is 13.1 Å². The predicted octanol–water partition coefficient (Wildman–Crippen LogP) is 2.68. The minimum absolute atomic E-state index is 0.0161. The van der Waals surface area contributed by atoms with Crippen molar-refractivity contribution in [1.29, 1.82) is 0 Å². The van der Waals surface area contributed by atoms with Crippen molar-refractivity contribution in [2.24, 2.45) is 0 Å². The number of nitrogens with zero attached hydrogens (tertiary/aromatic N) is 3. The quantitative estimate of drug-likeness (QED) is 0.773. The van der Waals surface area contributed by atoms with Crippen molar-refractivity contribution in [2.45, 2.75) is 26.9 Å². The second-order valence-corrected chi connectivity index (χ2v) is 4.44. The van der Waals surface area contributed by atoms with Crippen LogP contribution in [0.1, 0.15) is 26.5 Å².